The Morgan fingerprint density at radius 1 is 1.00 bits per heavy atom. The molecular formula is C19H15F4N. The van der Waals surface area contributed by atoms with E-state index in [0.29, 0.717) is 12.1 Å². The number of anilines is 1. The first-order chi connectivity index (χ1) is 11.4. The van der Waals surface area contributed by atoms with E-state index in [-0.39, 0.29) is 23.2 Å². The van der Waals surface area contributed by atoms with Gasteiger partial charge in [0.05, 0.1) is 11.6 Å². The first-order valence-corrected chi connectivity index (χ1v) is 7.84. The molecule has 24 heavy (non-hydrogen) atoms. The normalized spacial score (nSPS) is 25.1. The Balaban J connectivity index is 1.83. The largest absolute Gasteiger partial charge is 0.416 e. The molecule has 0 saturated carbocycles. The Hall–Kier alpha value is -2.30. The molecule has 0 fully saturated rings. The van der Waals surface area contributed by atoms with Crippen LogP contribution in [0.5, 0.6) is 0 Å². The zero-order chi connectivity index (χ0) is 16.9. The second kappa shape index (κ2) is 5.36. The lowest BCUT2D eigenvalue weighted by atomic mass is 9.76. The van der Waals surface area contributed by atoms with Crippen LogP contribution in [0.15, 0.2) is 54.6 Å². The van der Waals surface area contributed by atoms with Gasteiger partial charge in [0.2, 0.25) is 0 Å². The molecule has 4 rings (SSSR count). The van der Waals surface area contributed by atoms with E-state index in [0.717, 1.165) is 11.6 Å². The third kappa shape index (κ3) is 2.39. The van der Waals surface area contributed by atoms with Crippen LogP contribution in [0.3, 0.4) is 0 Å². The Morgan fingerprint density at radius 2 is 1.79 bits per heavy atom. The van der Waals surface area contributed by atoms with E-state index in [1.165, 1.54) is 24.3 Å². The molecule has 1 heterocycles. The molecular weight excluding hydrogens is 318 g/mol. The summed E-state index contributed by atoms with van der Waals surface area (Å²) in [5, 5.41) is 3.22. The molecule has 0 amide bonds. The van der Waals surface area contributed by atoms with Gasteiger partial charge in [0.15, 0.2) is 0 Å². The second-order valence-corrected chi connectivity index (χ2v) is 6.29. The second-order valence-electron chi connectivity index (χ2n) is 6.29. The van der Waals surface area contributed by atoms with Gasteiger partial charge in [-0.05, 0) is 47.7 Å². The molecule has 0 bridgehead atoms. The summed E-state index contributed by atoms with van der Waals surface area (Å²) < 4.78 is 53.8. The maximum Gasteiger partial charge on any atom is 0.416 e. The number of nitrogens with one attached hydrogen (secondary N) is 1. The topological polar surface area (TPSA) is 12.0 Å². The first kappa shape index (κ1) is 15.2. The summed E-state index contributed by atoms with van der Waals surface area (Å²) in [6.07, 6.45) is 0.223. The van der Waals surface area contributed by atoms with Gasteiger partial charge in [-0.3, -0.25) is 0 Å². The Morgan fingerprint density at radius 3 is 2.58 bits per heavy atom. The average Bonchev–Trinajstić information content (AvgIpc) is 3.03. The van der Waals surface area contributed by atoms with Crippen molar-refractivity contribution >= 4 is 5.69 Å². The van der Waals surface area contributed by atoms with Crippen molar-refractivity contribution in [2.75, 3.05) is 5.32 Å². The third-order valence-corrected chi connectivity index (χ3v) is 4.93. The lowest BCUT2D eigenvalue weighted by Gasteiger charge is -2.38. The van der Waals surface area contributed by atoms with Crippen molar-refractivity contribution in [1.82, 2.24) is 0 Å². The molecule has 1 aliphatic heterocycles. The van der Waals surface area contributed by atoms with E-state index in [2.05, 4.69) is 5.32 Å². The molecule has 1 nitrogen and oxygen atoms in total. The third-order valence-electron chi connectivity index (χ3n) is 4.93. The number of hydrogen-bond acceptors (Lipinski definition) is 1. The fourth-order valence-corrected chi connectivity index (χ4v) is 3.90. The van der Waals surface area contributed by atoms with Crippen LogP contribution >= 0.6 is 0 Å². The van der Waals surface area contributed by atoms with Crippen molar-refractivity contribution < 1.29 is 17.6 Å². The molecule has 0 spiro atoms. The summed E-state index contributed by atoms with van der Waals surface area (Å²) >= 11 is 0. The van der Waals surface area contributed by atoms with Crippen molar-refractivity contribution in [2.45, 2.75) is 24.6 Å². The molecule has 1 aliphatic carbocycles. The summed E-state index contributed by atoms with van der Waals surface area (Å²) in [6.45, 7) is 0. The zero-order valence-corrected chi connectivity index (χ0v) is 12.6. The summed E-state index contributed by atoms with van der Waals surface area (Å²) in [5.74, 6) is -0.449. The van der Waals surface area contributed by atoms with Crippen molar-refractivity contribution in [3.05, 3.63) is 77.1 Å². The van der Waals surface area contributed by atoms with Gasteiger partial charge in [-0.25, -0.2) is 4.39 Å². The molecule has 0 aromatic heterocycles. The monoisotopic (exact) mass is 333 g/mol. The van der Waals surface area contributed by atoms with Crippen LogP contribution in [0.1, 0.15) is 35.1 Å². The van der Waals surface area contributed by atoms with Crippen molar-refractivity contribution in [1.29, 1.82) is 0 Å². The average molecular weight is 333 g/mol. The van der Waals surface area contributed by atoms with Crippen molar-refractivity contribution in [3.8, 4) is 0 Å². The van der Waals surface area contributed by atoms with Crippen LogP contribution in [-0.2, 0) is 6.18 Å². The molecule has 5 heteroatoms. The summed E-state index contributed by atoms with van der Waals surface area (Å²) in [4.78, 5) is 0. The minimum absolute atomic E-state index is 0.0530. The standard InChI is InChI=1S/C19H15F4N/c20-11-8-9-17-15(10-11)12-5-3-6-13(12)18(24-17)14-4-1-2-7-16(14)19(21,22)23/h1-5,7-10,12-13,18,24H,6H2/t12-,13-,18+/m1/s1. The van der Waals surface area contributed by atoms with E-state index < -0.39 is 17.8 Å². The molecule has 2 aliphatic rings. The van der Waals surface area contributed by atoms with Crippen LogP contribution in [0.2, 0.25) is 0 Å². The van der Waals surface area contributed by atoms with Crippen molar-refractivity contribution in [2.24, 2.45) is 5.92 Å². The Kier molecular flexibility index (Phi) is 3.41. The molecule has 2 aromatic rings. The molecule has 0 radical (unpaired) electrons. The predicted octanol–water partition coefficient (Wildman–Crippen LogP) is 5.67. The van der Waals surface area contributed by atoms with E-state index >= 15 is 0 Å². The van der Waals surface area contributed by atoms with Crippen molar-refractivity contribution in [3.63, 3.8) is 0 Å². The van der Waals surface area contributed by atoms with Gasteiger partial charge in [0.25, 0.3) is 0 Å². The number of fused-ring (bicyclic) bond motifs is 3. The van der Waals surface area contributed by atoms with Gasteiger partial charge in [-0.1, -0.05) is 30.4 Å². The lowest BCUT2D eigenvalue weighted by Crippen LogP contribution is -2.30. The molecule has 0 unspecified atom stereocenters. The number of hydrogen-bond donors (Lipinski definition) is 1. The molecule has 124 valence electrons. The number of halogens is 4. The highest BCUT2D eigenvalue weighted by atomic mass is 19.4. The SMILES string of the molecule is Fc1ccc2c(c1)[C@@H]1C=CC[C@H]1[C@@H](c1ccccc1C(F)(F)F)N2. The lowest BCUT2D eigenvalue weighted by molar-refractivity contribution is -0.138. The van der Waals surface area contributed by atoms with E-state index in [4.69, 9.17) is 0 Å². The maximum absolute atomic E-state index is 13.6. The number of alkyl halides is 3. The highest BCUT2D eigenvalue weighted by Gasteiger charge is 2.42. The minimum atomic E-state index is -4.40. The van der Waals surface area contributed by atoms with Crippen LogP contribution in [0.4, 0.5) is 23.2 Å². The summed E-state index contributed by atoms with van der Waals surface area (Å²) in [5.41, 5.74) is 1.15. The zero-order valence-electron chi connectivity index (χ0n) is 12.6. The maximum atomic E-state index is 13.6. The van der Waals surface area contributed by atoms with Gasteiger partial charge in [0, 0.05) is 11.6 Å². The minimum Gasteiger partial charge on any atom is -0.378 e. The van der Waals surface area contributed by atoms with Crippen LogP contribution in [0.25, 0.3) is 0 Å². The van der Waals surface area contributed by atoms with Gasteiger partial charge < -0.3 is 5.32 Å². The number of benzene rings is 2. The van der Waals surface area contributed by atoms with Gasteiger partial charge in [-0.15, -0.1) is 0 Å². The summed E-state index contributed by atoms with van der Waals surface area (Å²) in [7, 11) is 0. The Labute approximate surface area is 137 Å². The molecule has 2 aromatic carbocycles. The van der Waals surface area contributed by atoms with E-state index in [1.54, 1.807) is 12.1 Å². The number of allylic oxidation sites excluding steroid dienone is 2. The highest BCUT2D eigenvalue weighted by molar-refractivity contribution is 5.60. The van der Waals surface area contributed by atoms with Crippen LogP contribution < -0.4 is 5.32 Å². The smallest absolute Gasteiger partial charge is 0.378 e. The molecule has 0 saturated heterocycles. The highest BCUT2D eigenvalue weighted by Crippen LogP contribution is 2.51. The molecule has 3 atom stereocenters. The van der Waals surface area contributed by atoms with E-state index in [9.17, 15) is 17.6 Å². The predicted molar refractivity (Wildman–Crippen MR) is 84.2 cm³/mol. The van der Waals surface area contributed by atoms with Gasteiger partial charge >= 0.3 is 6.18 Å². The quantitative estimate of drug-likeness (QED) is 0.524. The van der Waals surface area contributed by atoms with Gasteiger partial charge in [0.1, 0.15) is 5.82 Å². The van der Waals surface area contributed by atoms with Crippen LogP contribution in [-0.4, -0.2) is 0 Å². The number of rotatable bonds is 1. The Bertz CT molecular complexity index is 809. The van der Waals surface area contributed by atoms with Gasteiger partial charge in [-0.2, -0.15) is 13.2 Å². The van der Waals surface area contributed by atoms with E-state index in [1.807, 2.05) is 12.2 Å². The fraction of sp³-hybridized carbons (Fsp3) is 0.263. The molecule has 1 N–H and O–H groups in total. The fourth-order valence-electron chi connectivity index (χ4n) is 3.90. The first-order valence-electron chi connectivity index (χ1n) is 7.84. The van der Waals surface area contributed by atoms with Crippen LogP contribution in [0, 0.1) is 11.7 Å². The summed E-state index contributed by atoms with van der Waals surface area (Å²) in [6, 6.07) is 9.64.